The maximum absolute atomic E-state index is 13.7. The number of hydrogen-bond donors (Lipinski definition) is 1. The summed E-state index contributed by atoms with van der Waals surface area (Å²) in [5, 5.41) is 3.11. The first-order valence-corrected chi connectivity index (χ1v) is 11.5. The SMILES string of the molecule is C=CC(=O)Nc1cccc(-n2c(=O)n(-c3ccc(OCc4ccccc4)c(Cl)c3)c3cnccc32)c1. The zero-order valence-corrected chi connectivity index (χ0v) is 19.9. The van der Waals surface area contributed by atoms with E-state index in [0.29, 0.717) is 45.5 Å². The molecule has 0 spiro atoms. The number of hydrogen-bond acceptors (Lipinski definition) is 4. The Bertz CT molecular complexity index is 1640. The molecule has 0 atom stereocenters. The topological polar surface area (TPSA) is 78.2 Å². The third kappa shape index (κ3) is 4.52. The predicted octanol–water partition coefficient (Wildman–Crippen LogP) is 5.53. The van der Waals surface area contributed by atoms with Gasteiger partial charge in [0.25, 0.3) is 0 Å². The van der Waals surface area contributed by atoms with Gasteiger partial charge in [-0.15, -0.1) is 0 Å². The van der Waals surface area contributed by atoms with Gasteiger partial charge in [0.15, 0.2) is 0 Å². The third-order valence-corrected chi connectivity index (χ3v) is 5.91. The number of anilines is 1. The van der Waals surface area contributed by atoms with E-state index >= 15 is 0 Å². The Morgan fingerprint density at radius 1 is 0.972 bits per heavy atom. The van der Waals surface area contributed by atoms with Crippen molar-refractivity contribution in [1.29, 1.82) is 0 Å². The molecule has 178 valence electrons. The first-order chi connectivity index (χ1) is 17.5. The van der Waals surface area contributed by atoms with Gasteiger partial charge in [-0.05, 0) is 54.1 Å². The lowest BCUT2D eigenvalue weighted by Crippen LogP contribution is -2.22. The fraction of sp³-hybridized carbons (Fsp3) is 0.0357. The molecular formula is C28H21ClN4O3. The molecule has 7 nitrogen and oxygen atoms in total. The van der Waals surface area contributed by atoms with E-state index in [-0.39, 0.29) is 11.6 Å². The van der Waals surface area contributed by atoms with Gasteiger partial charge >= 0.3 is 5.69 Å². The molecule has 5 rings (SSSR count). The van der Waals surface area contributed by atoms with Crippen molar-refractivity contribution in [3.8, 4) is 17.1 Å². The minimum absolute atomic E-state index is 0.306. The van der Waals surface area contributed by atoms with Crippen molar-refractivity contribution in [2.75, 3.05) is 5.32 Å². The standard InChI is InChI=1S/C28H21ClN4O3/c1-2-27(34)31-20-9-6-10-21(15-20)32-24-13-14-30-17-25(24)33(28(32)35)22-11-12-26(23(29)16-22)36-18-19-7-4-3-5-8-19/h2-17H,1,18H2,(H,31,34). The highest BCUT2D eigenvalue weighted by atomic mass is 35.5. The summed E-state index contributed by atoms with van der Waals surface area (Å²) in [4.78, 5) is 29.7. The number of nitrogens with one attached hydrogen (secondary N) is 1. The second-order valence-corrected chi connectivity index (χ2v) is 8.36. The van der Waals surface area contributed by atoms with Gasteiger partial charge in [-0.25, -0.2) is 4.79 Å². The third-order valence-electron chi connectivity index (χ3n) is 5.61. The van der Waals surface area contributed by atoms with Gasteiger partial charge in [0, 0.05) is 11.9 Å². The molecule has 0 aliphatic rings. The lowest BCUT2D eigenvalue weighted by molar-refractivity contribution is -0.111. The molecule has 8 heteroatoms. The Labute approximate surface area is 211 Å². The first-order valence-electron chi connectivity index (χ1n) is 11.1. The second kappa shape index (κ2) is 9.93. The molecule has 2 aromatic heterocycles. The average Bonchev–Trinajstić information content (AvgIpc) is 3.20. The number of amides is 1. The number of pyridine rings is 1. The van der Waals surface area contributed by atoms with Crippen molar-refractivity contribution in [2.45, 2.75) is 6.61 Å². The summed E-state index contributed by atoms with van der Waals surface area (Å²) in [5.74, 6) is 0.181. The number of halogens is 1. The molecule has 1 amide bonds. The molecule has 0 saturated carbocycles. The van der Waals surface area contributed by atoms with E-state index in [4.69, 9.17) is 16.3 Å². The molecule has 0 radical (unpaired) electrons. The highest BCUT2D eigenvalue weighted by Crippen LogP contribution is 2.29. The summed E-state index contributed by atoms with van der Waals surface area (Å²) < 4.78 is 8.99. The van der Waals surface area contributed by atoms with E-state index in [1.165, 1.54) is 6.08 Å². The first kappa shape index (κ1) is 23.1. The fourth-order valence-electron chi connectivity index (χ4n) is 3.94. The molecule has 5 aromatic rings. The number of rotatable bonds is 7. The highest BCUT2D eigenvalue weighted by molar-refractivity contribution is 6.32. The molecule has 0 bridgehead atoms. The van der Waals surface area contributed by atoms with Crippen LogP contribution in [0.2, 0.25) is 5.02 Å². The molecule has 0 unspecified atom stereocenters. The molecule has 1 N–H and O–H groups in total. The van der Waals surface area contributed by atoms with Crippen molar-refractivity contribution in [3.63, 3.8) is 0 Å². The van der Waals surface area contributed by atoms with E-state index in [0.717, 1.165) is 5.56 Å². The van der Waals surface area contributed by atoms with Crippen molar-refractivity contribution >= 4 is 34.2 Å². The smallest absolute Gasteiger partial charge is 0.338 e. The normalized spacial score (nSPS) is 10.8. The highest BCUT2D eigenvalue weighted by Gasteiger charge is 2.17. The van der Waals surface area contributed by atoms with Crippen LogP contribution in [-0.4, -0.2) is 20.0 Å². The minimum atomic E-state index is -0.338. The summed E-state index contributed by atoms with van der Waals surface area (Å²) in [6.07, 6.45) is 4.44. The predicted molar refractivity (Wildman–Crippen MR) is 141 cm³/mol. The van der Waals surface area contributed by atoms with Crippen molar-refractivity contribution in [3.05, 3.63) is 125 Å². The molecule has 0 saturated heterocycles. The van der Waals surface area contributed by atoms with Crippen LogP contribution in [0.4, 0.5) is 5.69 Å². The average molecular weight is 497 g/mol. The van der Waals surface area contributed by atoms with E-state index in [1.54, 1.807) is 70.1 Å². The quantitative estimate of drug-likeness (QED) is 0.300. The van der Waals surface area contributed by atoms with Crippen LogP contribution in [0.5, 0.6) is 5.75 Å². The lowest BCUT2D eigenvalue weighted by atomic mass is 10.2. The largest absolute Gasteiger partial charge is 0.487 e. The molecule has 2 heterocycles. The summed E-state index contributed by atoms with van der Waals surface area (Å²) >= 11 is 6.54. The molecule has 0 fully saturated rings. The van der Waals surface area contributed by atoms with Crippen LogP contribution in [0.1, 0.15) is 5.56 Å². The van der Waals surface area contributed by atoms with E-state index in [2.05, 4.69) is 16.9 Å². The summed E-state index contributed by atoms with van der Waals surface area (Å²) in [6, 6.07) is 23.8. The number of ether oxygens (including phenoxy) is 1. The molecule has 3 aromatic carbocycles. The maximum atomic E-state index is 13.7. The molecule has 0 aliphatic carbocycles. The van der Waals surface area contributed by atoms with Gasteiger partial charge in [-0.2, -0.15) is 0 Å². The maximum Gasteiger partial charge on any atom is 0.338 e. The van der Waals surface area contributed by atoms with Gasteiger partial charge in [0.1, 0.15) is 12.4 Å². The fourth-order valence-corrected chi connectivity index (χ4v) is 4.17. The number of carbonyl (C=O) groups excluding carboxylic acids is 1. The number of carbonyl (C=O) groups is 1. The lowest BCUT2D eigenvalue weighted by Gasteiger charge is -2.10. The van der Waals surface area contributed by atoms with Gasteiger partial charge in [0.05, 0.1) is 33.6 Å². The van der Waals surface area contributed by atoms with Crippen LogP contribution < -0.4 is 15.7 Å². The van der Waals surface area contributed by atoms with Crippen LogP contribution in [-0.2, 0) is 11.4 Å². The van der Waals surface area contributed by atoms with Crippen LogP contribution in [0.3, 0.4) is 0 Å². The van der Waals surface area contributed by atoms with Crippen LogP contribution in [0, 0.1) is 0 Å². The Morgan fingerprint density at radius 3 is 2.53 bits per heavy atom. The second-order valence-electron chi connectivity index (χ2n) is 7.95. The number of nitrogens with zero attached hydrogens (tertiary/aromatic N) is 3. The number of aromatic nitrogens is 3. The van der Waals surface area contributed by atoms with E-state index in [9.17, 15) is 9.59 Å². The van der Waals surface area contributed by atoms with Crippen LogP contribution in [0.15, 0.2) is 109 Å². The van der Waals surface area contributed by atoms with Crippen LogP contribution in [0.25, 0.3) is 22.4 Å². The molecule has 0 aliphatic heterocycles. The van der Waals surface area contributed by atoms with Crippen LogP contribution >= 0.6 is 11.6 Å². The Balaban J connectivity index is 1.55. The zero-order chi connectivity index (χ0) is 25.1. The zero-order valence-electron chi connectivity index (χ0n) is 19.1. The van der Waals surface area contributed by atoms with E-state index in [1.807, 2.05) is 30.3 Å². The van der Waals surface area contributed by atoms with Crippen molar-refractivity contribution in [2.24, 2.45) is 0 Å². The Kier molecular flexibility index (Phi) is 6.38. The van der Waals surface area contributed by atoms with Gasteiger partial charge in [0.2, 0.25) is 5.91 Å². The van der Waals surface area contributed by atoms with Gasteiger partial charge in [-0.1, -0.05) is 54.6 Å². The summed E-state index contributed by atoms with van der Waals surface area (Å²) in [5.41, 5.74) is 3.69. The van der Waals surface area contributed by atoms with Gasteiger partial charge in [-0.3, -0.25) is 18.9 Å². The number of imidazole rings is 1. The monoisotopic (exact) mass is 496 g/mol. The Morgan fingerprint density at radius 2 is 1.75 bits per heavy atom. The number of fused-ring (bicyclic) bond motifs is 1. The minimum Gasteiger partial charge on any atom is -0.487 e. The molecular weight excluding hydrogens is 476 g/mol. The summed E-state index contributed by atoms with van der Waals surface area (Å²) in [7, 11) is 0. The molecule has 36 heavy (non-hydrogen) atoms. The summed E-state index contributed by atoms with van der Waals surface area (Å²) in [6.45, 7) is 3.85. The number of benzene rings is 3. The van der Waals surface area contributed by atoms with E-state index < -0.39 is 0 Å². The van der Waals surface area contributed by atoms with Crippen molar-refractivity contribution < 1.29 is 9.53 Å². The Hall–Kier alpha value is -4.62. The van der Waals surface area contributed by atoms with Gasteiger partial charge < -0.3 is 10.1 Å². The van der Waals surface area contributed by atoms with Crippen molar-refractivity contribution in [1.82, 2.24) is 14.1 Å².